The lowest BCUT2D eigenvalue weighted by atomic mass is 10.1. The van der Waals surface area contributed by atoms with Crippen molar-refractivity contribution in [2.75, 3.05) is 37.6 Å². The van der Waals surface area contributed by atoms with Crippen LogP contribution in [-0.4, -0.2) is 53.3 Å². The van der Waals surface area contributed by atoms with Crippen molar-refractivity contribution in [3.8, 4) is 0 Å². The molecule has 0 saturated carbocycles. The molecule has 0 atom stereocenters. The fourth-order valence-electron chi connectivity index (χ4n) is 3.03. The molecule has 0 aliphatic carbocycles. The summed E-state index contributed by atoms with van der Waals surface area (Å²) in [6.07, 6.45) is 1.62. The van der Waals surface area contributed by atoms with Crippen LogP contribution in [0.3, 0.4) is 0 Å². The Hall–Kier alpha value is -2.38. The van der Waals surface area contributed by atoms with Crippen LogP contribution in [0.2, 0.25) is 5.02 Å². The van der Waals surface area contributed by atoms with Gasteiger partial charge in [-0.15, -0.1) is 0 Å². The Bertz CT molecular complexity index is 857. The maximum Gasteiger partial charge on any atom is 0.287 e. The molecule has 1 aliphatic heterocycles. The minimum atomic E-state index is -0.299. The van der Waals surface area contributed by atoms with Gasteiger partial charge in [-0.3, -0.25) is 14.5 Å². The van der Waals surface area contributed by atoms with E-state index in [2.05, 4.69) is 15.3 Å². The number of rotatable bonds is 5. The first-order valence-electron chi connectivity index (χ1n) is 8.95. The van der Waals surface area contributed by atoms with Gasteiger partial charge in [-0.05, 0) is 12.5 Å². The van der Waals surface area contributed by atoms with E-state index in [1.54, 1.807) is 13.2 Å². The van der Waals surface area contributed by atoms with Gasteiger partial charge in [0.2, 0.25) is 5.91 Å². The van der Waals surface area contributed by atoms with Crippen LogP contribution >= 0.6 is 11.6 Å². The standard InChI is InChI=1S/C19H24ClN5O2/c1-14-3-5-15(6-4-14)11-21-17(26)13-24-7-9-25(10-8-24)16-12-22-23(2)19(27)18(16)20/h3-6,12H,7-11,13H2,1-2H3,(H,21,26). The largest absolute Gasteiger partial charge is 0.366 e. The molecular formula is C19H24ClN5O2. The molecule has 7 nitrogen and oxygen atoms in total. The molecule has 27 heavy (non-hydrogen) atoms. The number of nitrogens with one attached hydrogen (secondary N) is 1. The second kappa shape index (κ2) is 8.54. The average Bonchev–Trinajstić information content (AvgIpc) is 2.67. The first kappa shape index (κ1) is 19.4. The van der Waals surface area contributed by atoms with Crippen molar-refractivity contribution >= 4 is 23.2 Å². The molecule has 8 heteroatoms. The molecule has 0 bridgehead atoms. The van der Waals surface area contributed by atoms with E-state index < -0.39 is 0 Å². The number of hydrogen-bond donors (Lipinski definition) is 1. The summed E-state index contributed by atoms with van der Waals surface area (Å²) < 4.78 is 1.22. The summed E-state index contributed by atoms with van der Waals surface area (Å²) in [5.41, 5.74) is 2.65. The summed E-state index contributed by atoms with van der Waals surface area (Å²) >= 11 is 6.17. The Morgan fingerprint density at radius 1 is 1.19 bits per heavy atom. The molecule has 1 fully saturated rings. The lowest BCUT2D eigenvalue weighted by molar-refractivity contribution is -0.122. The van der Waals surface area contributed by atoms with Crippen LogP contribution < -0.4 is 15.8 Å². The minimum Gasteiger partial charge on any atom is -0.366 e. The number of carbonyl (C=O) groups excluding carboxylic acids is 1. The summed E-state index contributed by atoms with van der Waals surface area (Å²) in [4.78, 5) is 28.3. The first-order chi connectivity index (χ1) is 12.9. The summed E-state index contributed by atoms with van der Waals surface area (Å²) in [6, 6.07) is 8.13. The predicted molar refractivity (Wildman–Crippen MR) is 106 cm³/mol. The second-order valence-corrected chi connectivity index (χ2v) is 7.18. The second-order valence-electron chi connectivity index (χ2n) is 6.80. The third-order valence-corrected chi connectivity index (χ3v) is 5.11. The molecular weight excluding hydrogens is 366 g/mol. The van der Waals surface area contributed by atoms with Crippen molar-refractivity contribution in [2.24, 2.45) is 7.05 Å². The van der Waals surface area contributed by atoms with Gasteiger partial charge in [0.05, 0.1) is 18.4 Å². The molecule has 0 radical (unpaired) electrons. The van der Waals surface area contributed by atoms with E-state index in [-0.39, 0.29) is 16.5 Å². The van der Waals surface area contributed by atoms with E-state index in [0.717, 1.165) is 18.7 Å². The molecule has 2 aromatic rings. The van der Waals surface area contributed by atoms with Gasteiger partial charge < -0.3 is 10.2 Å². The van der Waals surface area contributed by atoms with Crippen LogP contribution in [0.25, 0.3) is 0 Å². The third kappa shape index (κ3) is 4.87. The molecule has 1 aromatic carbocycles. The van der Waals surface area contributed by atoms with Gasteiger partial charge >= 0.3 is 0 Å². The number of benzene rings is 1. The van der Waals surface area contributed by atoms with Crippen molar-refractivity contribution in [1.82, 2.24) is 20.0 Å². The van der Waals surface area contributed by atoms with Crippen LogP contribution in [0, 0.1) is 6.92 Å². The molecule has 1 saturated heterocycles. The number of halogens is 1. The van der Waals surface area contributed by atoms with Crippen molar-refractivity contribution in [2.45, 2.75) is 13.5 Å². The highest BCUT2D eigenvalue weighted by molar-refractivity contribution is 6.33. The minimum absolute atomic E-state index is 0.0114. The molecule has 1 amide bonds. The zero-order valence-electron chi connectivity index (χ0n) is 15.6. The fourth-order valence-corrected chi connectivity index (χ4v) is 3.33. The number of amides is 1. The van der Waals surface area contributed by atoms with Crippen molar-refractivity contribution in [1.29, 1.82) is 0 Å². The van der Waals surface area contributed by atoms with Crippen LogP contribution in [0.1, 0.15) is 11.1 Å². The van der Waals surface area contributed by atoms with Crippen molar-refractivity contribution in [3.63, 3.8) is 0 Å². The van der Waals surface area contributed by atoms with Crippen LogP contribution in [0.4, 0.5) is 5.69 Å². The molecule has 0 unspecified atom stereocenters. The maximum absolute atomic E-state index is 12.2. The summed E-state index contributed by atoms with van der Waals surface area (Å²) in [5.74, 6) is 0.0114. The van der Waals surface area contributed by atoms with Crippen molar-refractivity contribution < 1.29 is 4.79 Å². The third-order valence-electron chi connectivity index (χ3n) is 4.75. The molecule has 2 heterocycles. The highest BCUT2D eigenvalue weighted by atomic mass is 35.5. The van der Waals surface area contributed by atoms with Gasteiger partial charge in [-0.1, -0.05) is 41.4 Å². The Kier molecular flexibility index (Phi) is 6.13. The highest BCUT2D eigenvalue weighted by Gasteiger charge is 2.22. The number of aryl methyl sites for hydroxylation is 2. The molecule has 1 aromatic heterocycles. The number of carbonyl (C=O) groups is 1. The Morgan fingerprint density at radius 2 is 1.85 bits per heavy atom. The topological polar surface area (TPSA) is 70.5 Å². The van der Waals surface area contributed by atoms with Gasteiger partial charge in [0.25, 0.3) is 5.56 Å². The van der Waals surface area contributed by atoms with E-state index in [1.807, 2.05) is 36.1 Å². The van der Waals surface area contributed by atoms with Gasteiger partial charge in [0.15, 0.2) is 0 Å². The summed E-state index contributed by atoms with van der Waals surface area (Å²) in [5, 5.41) is 7.19. The normalized spacial score (nSPS) is 15.0. The van der Waals surface area contributed by atoms with Gasteiger partial charge in [0, 0.05) is 39.8 Å². The number of nitrogens with zero attached hydrogens (tertiary/aromatic N) is 4. The Balaban J connectivity index is 1.48. The number of anilines is 1. The molecule has 3 rings (SSSR count). The Morgan fingerprint density at radius 3 is 2.52 bits per heavy atom. The monoisotopic (exact) mass is 389 g/mol. The summed E-state index contributed by atoms with van der Waals surface area (Å²) in [7, 11) is 1.57. The predicted octanol–water partition coefficient (Wildman–Crippen LogP) is 1.18. The van der Waals surface area contributed by atoms with Gasteiger partial charge in [0.1, 0.15) is 5.02 Å². The Labute approximate surface area is 163 Å². The van der Waals surface area contributed by atoms with E-state index >= 15 is 0 Å². The lowest BCUT2D eigenvalue weighted by Crippen LogP contribution is -2.49. The first-order valence-corrected chi connectivity index (χ1v) is 9.33. The quantitative estimate of drug-likeness (QED) is 0.831. The van der Waals surface area contributed by atoms with Gasteiger partial charge in [-0.2, -0.15) is 5.10 Å². The lowest BCUT2D eigenvalue weighted by Gasteiger charge is -2.35. The van der Waals surface area contributed by atoms with E-state index in [1.165, 1.54) is 10.2 Å². The molecule has 1 aliphatic rings. The van der Waals surface area contributed by atoms with Crippen LogP contribution in [0.15, 0.2) is 35.3 Å². The van der Waals surface area contributed by atoms with Crippen LogP contribution in [0.5, 0.6) is 0 Å². The number of hydrogen-bond acceptors (Lipinski definition) is 5. The van der Waals surface area contributed by atoms with Crippen molar-refractivity contribution in [3.05, 3.63) is 57.0 Å². The van der Waals surface area contributed by atoms with E-state index in [9.17, 15) is 9.59 Å². The van der Waals surface area contributed by atoms with Crippen LogP contribution in [-0.2, 0) is 18.4 Å². The number of aromatic nitrogens is 2. The highest BCUT2D eigenvalue weighted by Crippen LogP contribution is 2.22. The molecule has 144 valence electrons. The maximum atomic E-state index is 12.2. The zero-order valence-corrected chi connectivity index (χ0v) is 16.4. The average molecular weight is 390 g/mol. The molecule has 1 N–H and O–H groups in total. The van der Waals surface area contributed by atoms with Gasteiger partial charge in [-0.25, -0.2) is 4.68 Å². The fraction of sp³-hybridized carbons (Fsp3) is 0.421. The van der Waals surface area contributed by atoms with E-state index in [4.69, 9.17) is 11.6 Å². The van der Waals surface area contributed by atoms with E-state index in [0.29, 0.717) is 31.9 Å². The smallest absolute Gasteiger partial charge is 0.287 e. The number of piperazine rings is 1. The SMILES string of the molecule is Cc1ccc(CNC(=O)CN2CCN(c3cnn(C)c(=O)c3Cl)CC2)cc1. The molecule has 0 spiro atoms. The zero-order chi connectivity index (χ0) is 19.4. The summed E-state index contributed by atoms with van der Waals surface area (Å²) in [6.45, 7) is 5.78.